The van der Waals surface area contributed by atoms with Gasteiger partial charge in [-0.3, -0.25) is 0 Å². The number of aryl methyl sites for hydroxylation is 2. The van der Waals surface area contributed by atoms with Crippen molar-refractivity contribution in [2.45, 2.75) is 59.3 Å². The molecule has 0 aliphatic heterocycles. The highest BCUT2D eigenvalue weighted by atomic mass is 32.1. The molecule has 0 unspecified atom stereocenters. The molecule has 4 heteroatoms. The average Bonchev–Trinajstić information content (AvgIpc) is 3.31. The number of fused-ring (bicyclic) bond motifs is 2. The van der Waals surface area contributed by atoms with Gasteiger partial charge in [-0.05, 0) is 59.9 Å². The molecule has 0 aliphatic carbocycles. The molecule has 0 aliphatic rings. The summed E-state index contributed by atoms with van der Waals surface area (Å²) in [7, 11) is 2.18. The van der Waals surface area contributed by atoms with Crippen LogP contribution in [0.2, 0.25) is 0 Å². The second-order valence-electron chi connectivity index (χ2n) is 11.4. The first-order chi connectivity index (χ1) is 15.9. The van der Waals surface area contributed by atoms with E-state index < -0.39 is 0 Å². The Morgan fingerprint density at radius 3 is 2.18 bits per heavy atom. The maximum absolute atomic E-state index is 4.96. The fourth-order valence-electron chi connectivity index (χ4n) is 4.63. The third-order valence-electron chi connectivity index (χ3n) is 6.62. The van der Waals surface area contributed by atoms with Crippen molar-refractivity contribution in [2.24, 2.45) is 7.05 Å². The van der Waals surface area contributed by atoms with Gasteiger partial charge in [0.05, 0.1) is 27.8 Å². The lowest BCUT2D eigenvalue weighted by Gasteiger charge is -2.18. The Hall–Kier alpha value is -2.98. The molecular weight excluding hydrogens is 434 g/mol. The van der Waals surface area contributed by atoms with E-state index in [2.05, 4.69) is 125 Å². The molecule has 0 atom stereocenters. The van der Waals surface area contributed by atoms with Crippen molar-refractivity contribution in [3.05, 3.63) is 76.8 Å². The van der Waals surface area contributed by atoms with Gasteiger partial charge in [-0.15, -0.1) is 11.3 Å². The van der Waals surface area contributed by atoms with E-state index in [9.17, 15) is 0 Å². The molecule has 0 saturated carbocycles. The van der Waals surface area contributed by atoms with Gasteiger partial charge < -0.3 is 0 Å². The fourth-order valence-corrected chi connectivity index (χ4v) is 5.67. The molecule has 174 valence electrons. The maximum atomic E-state index is 4.96. The number of nitrogens with zero attached hydrogens (tertiary/aromatic N) is 3. The third-order valence-corrected chi connectivity index (χ3v) is 8.07. The van der Waals surface area contributed by atoms with E-state index in [-0.39, 0.29) is 10.8 Å². The standard InChI is InChI=1S/C30H34N3S/c1-19-17-23-26(34-28(31-23)30(5,6)7)18-22(19)27-32(8)24-11-9-10-12-25(24)33(27)21-15-13-20(14-16-21)29(2,3)4/h9-18H,1-8H3/q+1. The highest BCUT2D eigenvalue weighted by Crippen LogP contribution is 2.36. The Kier molecular flexibility index (Phi) is 5.21. The molecule has 2 heterocycles. The molecule has 3 aromatic carbocycles. The van der Waals surface area contributed by atoms with Gasteiger partial charge >= 0.3 is 0 Å². The second-order valence-corrected chi connectivity index (χ2v) is 12.4. The number of imidazole rings is 1. The number of para-hydroxylation sites is 2. The second kappa shape index (κ2) is 7.78. The lowest BCUT2D eigenvalue weighted by atomic mass is 9.87. The summed E-state index contributed by atoms with van der Waals surface area (Å²) in [6.07, 6.45) is 0. The van der Waals surface area contributed by atoms with Crippen LogP contribution in [0.25, 0.3) is 38.3 Å². The number of rotatable bonds is 2. The van der Waals surface area contributed by atoms with Crippen LogP contribution in [0, 0.1) is 6.92 Å². The van der Waals surface area contributed by atoms with E-state index in [1.807, 2.05) is 11.3 Å². The van der Waals surface area contributed by atoms with Gasteiger partial charge in [0.2, 0.25) is 0 Å². The zero-order chi connectivity index (χ0) is 24.4. The van der Waals surface area contributed by atoms with Crippen LogP contribution in [0.5, 0.6) is 0 Å². The van der Waals surface area contributed by atoms with Gasteiger partial charge in [0.1, 0.15) is 5.69 Å². The first-order valence-electron chi connectivity index (χ1n) is 12.0. The molecule has 5 aromatic rings. The summed E-state index contributed by atoms with van der Waals surface area (Å²) >= 11 is 1.81. The number of hydrogen-bond donors (Lipinski definition) is 0. The molecular formula is C30H34N3S+. The zero-order valence-electron chi connectivity index (χ0n) is 21.5. The van der Waals surface area contributed by atoms with Gasteiger partial charge in [0.15, 0.2) is 11.0 Å². The predicted molar refractivity (Wildman–Crippen MR) is 145 cm³/mol. The van der Waals surface area contributed by atoms with E-state index in [1.54, 1.807) is 0 Å². The summed E-state index contributed by atoms with van der Waals surface area (Å²) < 4.78 is 5.97. The highest BCUT2D eigenvalue weighted by molar-refractivity contribution is 7.18. The van der Waals surface area contributed by atoms with E-state index >= 15 is 0 Å². The Morgan fingerprint density at radius 1 is 0.853 bits per heavy atom. The summed E-state index contributed by atoms with van der Waals surface area (Å²) in [6, 6.07) is 22.3. The third kappa shape index (κ3) is 3.74. The van der Waals surface area contributed by atoms with E-state index in [0.717, 1.165) is 5.52 Å². The molecule has 34 heavy (non-hydrogen) atoms. The molecule has 0 N–H and O–H groups in total. The lowest BCUT2D eigenvalue weighted by Crippen LogP contribution is -2.30. The molecule has 0 amide bonds. The summed E-state index contributed by atoms with van der Waals surface area (Å²) in [5.41, 5.74) is 8.71. The first kappa shape index (κ1) is 22.8. The average molecular weight is 469 g/mol. The molecule has 2 aromatic heterocycles. The number of thiazole rings is 1. The van der Waals surface area contributed by atoms with Gasteiger partial charge in [-0.1, -0.05) is 65.8 Å². The quantitative estimate of drug-likeness (QED) is 0.244. The monoisotopic (exact) mass is 468 g/mol. The van der Waals surface area contributed by atoms with Gasteiger partial charge in [0.25, 0.3) is 5.82 Å². The fraction of sp³-hybridized carbons (Fsp3) is 0.333. The molecule has 0 saturated heterocycles. The predicted octanol–water partition coefficient (Wildman–Crippen LogP) is 7.64. The van der Waals surface area contributed by atoms with Crippen molar-refractivity contribution >= 4 is 32.6 Å². The topological polar surface area (TPSA) is 21.7 Å². The minimum Gasteiger partial charge on any atom is -0.241 e. The van der Waals surface area contributed by atoms with Crippen molar-refractivity contribution in [2.75, 3.05) is 0 Å². The summed E-state index contributed by atoms with van der Waals surface area (Å²) in [6.45, 7) is 15.7. The Bertz CT molecular complexity index is 1520. The maximum Gasteiger partial charge on any atom is 0.295 e. The molecule has 3 nitrogen and oxygen atoms in total. The lowest BCUT2D eigenvalue weighted by molar-refractivity contribution is -0.633. The molecule has 0 spiro atoms. The van der Waals surface area contributed by atoms with Crippen molar-refractivity contribution in [1.82, 2.24) is 9.55 Å². The minimum atomic E-state index is 0.0477. The smallest absolute Gasteiger partial charge is 0.241 e. The van der Waals surface area contributed by atoms with Crippen LogP contribution in [0.15, 0.2) is 60.7 Å². The van der Waals surface area contributed by atoms with Crippen molar-refractivity contribution in [3.63, 3.8) is 0 Å². The SMILES string of the molecule is Cc1cc2nc(C(C)(C)C)sc2cc1-c1n(-c2ccc(C(C)(C)C)cc2)c2ccccc2[n+]1C. The van der Waals surface area contributed by atoms with Gasteiger partial charge in [-0.25, -0.2) is 9.55 Å². The normalized spacial score (nSPS) is 12.7. The molecule has 0 radical (unpaired) electrons. The van der Waals surface area contributed by atoms with E-state index in [0.29, 0.717) is 0 Å². The number of benzene rings is 3. The van der Waals surface area contributed by atoms with Gasteiger partial charge in [-0.2, -0.15) is 4.57 Å². The van der Waals surface area contributed by atoms with Crippen LogP contribution >= 0.6 is 11.3 Å². The van der Waals surface area contributed by atoms with Gasteiger partial charge in [0, 0.05) is 5.41 Å². The van der Waals surface area contributed by atoms with E-state index in [4.69, 9.17) is 4.98 Å². The largest absolute Gasteiger partial charge is 0.295 e. The van der Waals surface area contributed by atoms with Crippen LogP contribution < -0.4 is 4.57 Å². The minimum absolute atomic E-state index is 0.0477. The van der Waals surface area contributed by atoms with Crippen molar-refractivity contribution in [1.29, 1.82) is 0 Å². The molecule has 0 bridgehead atoms. The van der Waals surface area contributed by atoms with Crippen LogP contribution in [0.4, 0.5) is 0 Å². The van der Waals surface area contributed by atoms with Crippen molar-refractivity contribution in [3.8, 4) is 17.1 Å². The molecule has 0 fully saturated rings. The van der Waals surface area contributed by atoms with Crippen molar-refractivity contribution < 1.29 is 4.57 Å². The highest BCUT2D eigenvalue weighted by Gasteiger charge is 2.28. The zero-order valence-corrected chi connectivity index (χ0v) is 22.3. The Morgan fingerprint density at radius 2 is 1.53 bits per heavy atom. The van der Waals surface area contributed by atoms with Crippen LogP contribution in [0.1, 0.15) is 57.7 Å². The Balaban J connectivity index is 1.79. The first-order valence-corrected chi connectivity index (χ1v) is 12.8. The number of hydrogen-bond acceptors (Lipinski definition) is 2. The van der Waals surface area contributed by atoms with Crippen LogP contribution in [-0.4, -0.2) is 9.55 Å². The summed E-state index contributed by atoms with van der Waals surface area (Å²) in [4.78, 5) is 4.96. The van der Waals surface area contributed by atoms with Crippen LogP contribution in [0.3, 0.4) is 0 Å². The van der Waals surface area contributed by atoms with E-state index in [1.165, 1.54) is 48.9 Å². The number of aromatic nitrogens is 3. The molecule has 5 rings (SSSR count). The Labute approximate surface area is 206 Å². The van der Waals surface area contributed by atoms with Crippen LogP contribution in [-0.2, 0) is 17.9 Å². The summed E-state index contributed by atoms with van der Waals surface area (Å²) in [5.74, 6) is 1.19. The summed E-state index contributed by atoms with van der Waals surface area (Å²) in [5, 5.41) is 1.18.